The van der Waals surface area contributed by atoms with E-state index in [2.05, 4.69) is 121 Å². The molecular weight excluding hydrogens is 510 g/mol. The van der Waals surface area contributed by atoms with Crippen molar-refractivity contribution in [3.8, 4) is 12.3 Å². The van der Waals surface area contributed by atoms with Crippen LogP contribution in [0.4, 0.5) is 0 Å². The molecule has 234 valence electrons. The second kappa shape index (κ2) is 33.9. The largest absolute Gasteiger partial charge is 0.352 e. The molecule has 2 heteroatoms. The molecule has 42 heavy (non-hydrogen) atoms. The number of allylic oxidation sites excluding steroid dienone is 6. The molecule has 0 aromatic heterocycles. The van der Waals surface area contributed by atoms with Gasteiger partial charge in [-0.15, -0.1) is 12.3 Å². The molecule has 3 rings (SSSR count). The average molecular weight is 574 g/mol. The van der Waals surface area contributed by atoms with E-state index < -0.39 is 0 Å². The Kier molecular flexibility index (Phi) is 34.8. The number of unbranched alkanes of at least 4 members (excludes halogenated alkanes) is 1. The van der Waals surface area contributed by atoms with Gasteiger partial charge in [0.05, 0.1) is 0 Å². The van der Waals surface area contributed by atoms with Gasteiger partial charge < -0.3 is 5.32 Å². The van der Waals surface area contributed by atoms with Crippen molar-refractivity contribution in [3.63, 3.8) is 0 Å². The van der Waals surface area contributed by atoms with Gasteiger partial charge in [-0.1, -0.05) is 169 Å². The molecule has 2 aromatic carbocycles. The minimum atomic E-state index is 0.189. The molecule has 2 aromatic rings. The predicted molar refractivity (Wildman–Crippen MR) is 191 cm³/mol. The summed E-state index contributed by atoms with van der Waals surface area (Å²) < 4.78 is 0. The molecule has 0 saturated heterocycles. The van der Waals surface area contributed by atoms with E-state index in [4.69, 9.17) is 0 Å². The smallest absolute Gasteiger partial charge is 0.223 e. The van der Waals surface area contributed by atoms with Gasteiger partial charge in [-0.25, -0.2) is 0 Å². The molecular formula is C40H63NO. The van der Waals surface area contributed by atoms with Gasteiger partial charge in [0.15, 0.2) is 0 Å². The van der Waals surface area contributed by atoms with Crippen molar-refractivity contribution in [3.05, 3.63) is 107 Å². The fraction of sp³-hybridized carbons (Fsp3) is 0.475. The number of nitrogens with one attached hydrogen (secondary N) is 1. The van der Waals surface area contributed by atoms with Crippen molar-refractivity contribution < 1.29 is 4.79 Å². The lowest BCUT2D eigenvalue weighted by Crippen LogP contribution is -2.30. The second-order valence-electron chi connectivity index (χ2n) is 9.89. The molecule has 0 atom stereocenters. The zero-order chi connectivity index (χ0) is 32.4. The third kappa shape index (κ3) is 29.7. The summed E-state index contributed by atoms with van der Waals surface area (Å²) in [5.41, 5.74) is 5.17. The summed E-state index contributed by atoms with van der Waals surface area (Å²) in [7, 11) is 0. The average Bonchev–Trinajstić information content (AvgIpc) is 3.27. The van der Waals surface area contributed by atoms with Crippen LogP contribution in [0.25, 0.3) is 0 Å². The Morgan fingerprint density at radius 1 is 0.810 bits per heavy atom. The molecule has 1 N–H and O–H groups in total. The van der Waals surface area contributed by atoms with E-state index in [0.717, 1.165) is 37.7 Å². The predicted octanol–water partition coefficient (Wildman–Crippen LogP) is 11.7. The first-order valence-corrected chi connectivity index (χ1v) is 16.0. The molecule has 0 fully saturated rings. The number of aryl methyl sites for hydroxylation is 2. The monoisotopic (exact) mass is 573 g/mol. The number of benzene rings is 2. The van der Waals surface area contributed by atoms with Crippen molar-refractivity contribution >= 4 is 5.91 Å². The normalized spacial score (nSPS) is 10.5. The number of carbonyl (C=O) groups is 1. The fourth-order valence-corrected chi connectivity index (χ4v) is 3.36. The maximum atomic E-state index is 12.0. The second-order valence-corrected chi connectivity index (χ2v) is 9.89. The van der Waals surface area contributed by atoms with Crippen LogP contribution in [0.15, 0.2) is 90.6 Å². The maximum Gasteiger partial charge on any atom is 0.223 e. The van der Waals surface area contributed by atoms with Crippen molar-refractivity contribution in [2.45, 2.75) is 121 Å². The first-order chi connectivity index (χ1) is 20.3. The van der Waals surface area contributed by atoms with Crippen LogP contribution >= 0.6 is 0 Å². The molecule has 0 spiro atoms. The van der Waals surface area contributed by atoms with Gasteiger partial charge in [0.2, 0.25) is 5.91 Å². The third-order valence-electron chi connectivity index (χ3n) is 5.86. The van der Waals surface area contributed by atoms with Crippen molar-refractivity contribution in [2.24, 2.45) is 5.92 Å². The van der Waals surface area contributed by atoms with E-state index in [0.29, 0.717) is 6.54 Å². The van der Waals surface area contributed by atoms with Gasteiger partial charge in [-0.05, 0) is 52.5 Å². The van der Waals surface area contributed by atoms with Gasteiger partial charge >= 0.3 is 0 Å². The molecule has 1 amide bonds. The Labute approximate surface area is 261 Å². The molecule has 1 aliphatic rings. The van der Waals surface area contributed by atoms with E-state index in [-0.39, 0.29) is 11.8 Å². The quantitative estimate of drug-likeness (QED) is 0.313. The van der Waals surface area contributed by atoms with Crippen LogP contribution in [0.5, 0.6) is 0 Å². The van der Waals surface area contributed by atoms with E-state index >= 15 is 0 Å². The highest BCUT2D eigenvalue weighted by Crippen LogP contribution is 2.13. The zero-order valence-electron chi connectivity index (χ0n) is 28.8. The van der Waals surface area contributed by atoms with Gasteiger partial charge in [0.25, 0.3) is 0 Å². The van der Waals surface area contributed by atoms with Gasteiger partial charge in [0, 0.05) is 12.5 Å². The van der Waals surface area contributed by atoms with Crippen molar-refractivity contribution in [2.75, 3.05) is 0 Å². The van der Waals surface area contributed by atoms with Crippen LogP contribution in [0, 0.1) is 32.1 Å². The van der Waals surface area contributed by atoms with Gasteiger partial charge in [-0.3, -0.25) is 4.79 Å². The minimum absolute atomic E-state index is 0.189. The molecule has 0 bridgehead atoms. The van der Waals surface area contributed by atoms with Crippen LogP contribution < -0.4 is 5.32 Å². The zero-order valence-corrected chi connectivity index (χ0v) is 28.8. The van der Waals surface area contributed by atoms with E-state index in [1.165, 1.54) is 29.5 Å². The SMILES string of the molecule is C#CC.CC.CC1=CCC=CC=C1.CCCC.CCCC(CCC)C(=O)NCc1ccccc1.Cc1ccc(C)cc1. The lowest BCUT2D eigenvalue weighted by molar-refractivity contribution is -0.125. The number of rotatable bonds is 8. The first kappa shape index (κ1) is 43.1. The summed E-state index contributed by atoms with van der Waals surface area (Å²) in [6.07, 6.45) is 23.1. The lowest BCUT2D eigenvalue weighted by atomic mass is 9.97. The summed E-state index contributed by atoms with van der Waals surface area (Å²) in [5.74, 6) is 2.64. The Balaban J connectivity index is -0.000000509. The first-order valence-electron chi connectivity index (χ1n) is 16.0. The van der Waals surface area contributed by atoms with E-state index in [9.17, 15) is 4.79 Å². The Morgan fingerprint density at radius 3 is 1.71 bits per heavy atom. The van der Waals surface area contributed by atoms with Crippen LogP contribution in [0.1, 0.15) is 117 Å². The molecule has 0 unspecified atom stereocenters. The molecule has 2 nitrogen and oxygen atoms in total. The van der Waals surface area contributed by atoms with E-state index in [1.54, 1.807) is 6.92 Å². The third-order valence-corrected chi connectivity index (χ3v) is 5.86. The van der Waals surface area contributed by atoms with Gasteiger partial charge in [0.1, 0.15) is 0 Å². The Hall–Kier alpha value is -3.31. The summed E-state index contributed by atoms with van der Waals surface area (Å²) >= 11 is 0. The highest BCUT2D eigenvalue weighted by atomic mass is 16.1. The van der Waals surface area contributed by atoms with Crippen LogP contribution in [0.3, 0.4) is 0 Å². The van der Waals surface area contributed by atoms with Crippen molar-refractivity contribution in [1.29, 1.82) is 0 Å². The summed E-state index contributed by atoms with van der Waals surface area (Å²) in [6.45, 7) is 21.2. The molecule has 0 heterocycles. The highest BCUT2D eigenvalue weighted by Gasteiger charge is 2.15. The van der Waals surface area contributed by atoms with Crippen LogP contribution in [-0.2, 0) is 11.3 Å². The number of hydrogen-bond donors (Lipinski definition) is 1. The highest BCUT2D eigenvalue weighted by molar-refractivity contribution is 5.78. The molecule has 0 radical (unpaired) electrons. The summed E-state index contributed by atoms with van der Waals surface area (Å²) in [5, 5.41) is 3.03. The number of hydrogen-bond acceptors (Lipinski definition) is 1. The standard InChI is InChI=1S/C15H23NO.2C8H10.C4H10.C3H4.C2H6/c1-3-8-14(9-4-2)15(17)16-12-13-10-6-5-7-11-13;1-7-3-5-8(2)6-4-7;1-8-6-4-2-3-5-7-8;1-3-4-2;1-3-2;1-2/h5-7,10-11,14H,3-4,8-9,12H2,1-2H3,(H,16,17);3-6H,1-2H3;2-4,6-7H,5H2,1H3;3-4H2,1-2H3;1H,2H3;1-2H3. The lowest BCUT2D eigenvalue weighted by Gasteiger charge is -2.15. The molecule has 1 aliphatic carbocycles. The van der Waals surface area contributed by atoms with Crippen LogP contribution in [-0.4, -0.2) is 5.91 Å². The van der Waals surface area contributed by atoms with Crippen molar-refractivity contribution in [1.82, 2.24) is 5.32 Å². The number of amides is 1. The van der Waals surface area contributed by atoms with Crippen LogP contribution in [0.2, 0.25) is 0 Å². The number of terminal acetylenes is 1. The Morgan fingerprint density at radius 2 is 1.29 bits per heavy atom. The maximum absolute atomic E-state index is 12.0. The molecule has 0 aliphatic heterocycles. The summed E-state index contributed by atoms with van der Waals surface area (Å²) in [4.78, 5) is 12.0. The Bertz CT molecular complexity index is 943. The summed E-state index contributed by atoms with van der Waals surface area (Å²) in [6, 6.07) is 18.5. The van der Waals surface area contributed by atoms with Gasteiger partial charge in [-0.2, -0.15) is 0 Å². The minimum Gasteiger partial charge on any atom is -0.352 e. The molecule has 0 saturated carbocycles. The van der Waals surface area contributed by atoms with E-state index in [1.807, 2.05) is 44.2 Å². The topological polar surface area (TPSA) is 29.1 Å². The number of carbonyl (C=O) groups excluding carboxylic acids is 1. The fourth-order valence-electron chi connectivity index (χ4n) is 3.36.